The molecule has 16 heavy (non-hydrogen) atoms. The molecule has 0 bridgehead atoms. The summed E-state index contributed by atoms with van der Waals surface area (Å²) < 4.78 is 4.83. The zero-order valence-corrected chi connectivity index (χ0v) is 9.84. The van der Waals surface area contributed by atoms with Gasteiger partial charge >= 0.3 is 5.97 Å². The summed E-state index contributed by atoms with van der Waals surface area (Å²) >= 11 is 4.90. The van der Waals surface area contributed by atoms with E-state index in [1.807, 2.05) is 0 Å². The van der Waals surface area contributed by atoms with Gasteiger partial charge in [0.2, 0.25) is 5.91 Å². The molecule has 2 N–H and O–H groups in total. The third-order valence-electron chi connectivity index (χ3n) is 2.21. The van der Waals surface area contributed by atoms with Gasteiger partial charge in [0.1, 0.15) is 10.9 Å². The molecule has 1 aliphatic rings. The summed E-state index contributed by atoms with van der Waals surface area (Å²) in [5.41, 5.74) is 5.94. The Kier molecular flexibility index (Phi) is 3.89. The van der Waals surface area contributed by atoms with Crippen molar-refractivity contribution in [3.8, 4) is 0 Å². The van der Waals surface area contributed by atoms with Gasteiger partial charge in [-0.05, 0) is 19.4 Å². The van der Waals surface area contributed by atoms with E-state index >= 15 is 0 Å². The molecule has 0 fully saturated rings. The van der Waals surface area contributed by atoms with Crippen molar-refractivity contribution in [2.75, 3.05) is 6.61 Å². The molecule has 1 unspecified atom stereocenters. The smallest absolute Gasteiger partial charge is 0.339 e. The van der Waals surface area contributed by atoms with E-state index in [9.17, 15) is 9.59 Å². The van der Waals surface area contributed by atoms with Crippen molar-refractivity contribution in [1.82, 2.24) is 0 Å². The van der Waals surface area contributed by atoms with Crippen LogP contribution in [-0.2, 0) is 14.3 Å². The van der Waals surface area contributed by atoms with Crippen LogP contribution in [0.3, 0.4) is 0 Å². The number of aliphatic imine (C=N–C) groups is 1. The van der Waals surface area contributed by atoms with E-state index in [0.29, 0.717) is 5.57 Å². The standard InChI is InChI=1S/C10H12N2O3S/c1-3-15-10(14)6-4-12-9(16)7(5(6)2)8(11)13/h4,7H,3H2,1-2H3,(H2,11,13). The Morgan fingerprint density at radius 1 is 1.62 bits per heavy atom. The monoisotopic (exact) mass is 240 g/mol. The van der Waals surface area contributed by atoms with E-state index in [1.54, 1.807) is 13.8 Å². The lowest BCUT2D eigenvalue weighted by atomic mass is 9.93. The first-order chi connectivity index (χ1) is 7.49. The van der Waals surface area contributed by atoms with Crippen LogP contribution in [0.2, 0.25) is 0 Å². The second-order valence-corrected chi connectivity index (χ2v) is 3.67. The van der Waals surface area contributed by atoms with Crippen LogP contribution >= 0.6 is 12.2 Å². The zero-order chi connectivity index (χ0) is 12.3. The van der Waals surface area contributed by atoms with Crippen molar-refractivity contribution in [3.05, 3.63) is 11.1 Å². The number of nitrogens with two attached hydrogens (primary N) is 1. The summed E-state index contributed by atoms with van der Waals surface area (Å²) in [6, 6.07) is 0. The number of hydrogen-bond acceptors (Lipinski definition) is 4. The Bertz CT molecular complexity index is 412. The summed E-state index contributed by atoms with van der Waals surface area (Å²) in [5, 5.41) is 0. The van der Waals surface area contributed by atoms with Gasteiger partial charge in [0, 0.05) is 6.21 Å². The maximum atomic E-state index is 11.5. The summed E-state index contributed by atoms with van der Waals surface area (Å²) in [6.45, 7) is 3.58. The summed E-state index contributed by atoms with van der Waals surface area (Å²) in [4.78, 5) is 26.7. The number of nitrogens with zero attached hydrogens (tertiary/aromatic N) is 1. The highest BCUT2D eigenvalue weighted by atomic mass is 32.1. The Labute approximate surface area is 98.4 Å². The topological polar surface area (TPSA) is 81.8 Å². The molecule has 6 heteroatoms. The van der Waals surface area contributed by atoms with Crippen molar-refractivity contribution in [2.45, 2.75) is 13.8 Å². The van der Waals surface area contributed by atoms with Gasteiger partial charge in [-0.15, -0.1) is 0 Å². The molecule has 0 aromatic carbocycles. The first kappa shape index (κ1) is 12.5. The average Bonchev–Trinajstić information content (AvgIpc) is 2.17. The van der Waals surface area contributed by atoms with Crippen molar-refractivity contribution < 1.29 is 14.3 Å². The van der Waals surface area contributed by atoms with Crippen LogP contribution < -0.4 is 5.73 Å². The predicted molar refractivity (Wildman–Crippen MR) is 63.1 cm³/mol. The molecule has 0 saturated heterocycles. The third-order valence-corrected chi connectivity index (χ3v) is 2.55. The molecule has 0 aromatic rings. The molecular weight excluding hydrogens is 228 g/mol. The van der Waals surface area contributed by atoms with E-state index < -0.39 is 17.8 Å². The molecule has 0 aliphatic carbocycles. The lowest BCUT2D eigenvalue weighted by Crippen LogP contribution is -2.33. The second kappa shape index (κ2) is 4.98. The van der Waals surface area contributed by atoms with Gasteiger partial charge in [0.05, 0.1) is 12.2 Å². The fourth-order valence-corrected chi connectivity index (χ4v) is 1.75. The van der Waals surface area contributed by atoms with E-state index in [1.165, 1.54) is 6.21 Å². The van der Waals surface area contributed by atoms with Crippen LogP contribution in [0.1, 0.15) is 13.8 Å². The van der Waals surface area contributed by atoms with Gasteiger partial charge < -0.3 is 10.5 Å². The third kappa shape index (κ3) is 2.33. The van der Waals surface area contributed by atoms with Crippen LogP contribution in [0.15, 0.2) is 16.1 Å². The van der Waals surface area contributed by atoms with Crippen LogP contribution in [-0.4, -0.2) is 29.7 Å². The molecule has 1 rings (SSSR count). The highest BCUT2D eigenvalue weighted by molar-refractivity contribution is 7.80. The van der Waals surface area contributed by atoms with Gasteiger partial charge in [-0.25, -0.2) is 9.79 Å². The SMILES string of the molecule is CCOC(=O)C1=C(C)C(C(N)=O)C(=S)N=C1. The fourth-order valence-electron chi connectivity index (χ4n) is 1.40. The van der Waals surface area contributed by atoms with Gasteiger partial charge in [-0.1, -0.05) is 12.2 Å². The van der Waals surface area contributed by atoms with Crippen molar-refractivity contribution in [3.63, 3.8) is 0 Å². The van der Waals surface area contributed by atoms with E-state index in [4.69, 9.17) is 22.7 Å². The minimum Gasteiger partial charge on any atom is -0.462 e. The van der Waals surface area contributed by atoms with E-state index in [2.05, 4.69) is 4.99 Å². The van der Waals surface area contributed by atoms with Gasteiger partial charge in [0.15, 0.2) is 0 Å². The Hall–Kier alpha value is -1.56. The molecule has 0 aromatic heterocycles. The fraction of sp³-hybridized carbons (Fsp3) is 0.400. The van der Waals surface area contributed by atoms with Gasteiger partial charge in [-0.3, -0.25) is 4.79 Å². The first-order valence-electron chi connectivity index (χ1n) is 4.74. The minimum atomic E-state index is -0.792. The molecular formula is C10H12N2O3S. The molecule has 1 amide bonds. The van der Waals surface area contributed by atoms with Crippen LogP contribution in [0.25, 0.3) is 0 Å². The number of carbonyl (C=O) groups is 2. The molecule has 0 radical (unpaired) electrons. The molecule has 86 valence electrons. The molecule has 1 aliphatic heterocycles. The van der Waals surface area contributed by atoms with Gasteiger partial charge in [-0.2, -0.15) is 0 Å². The molecule has 1 heterocycles. The highest BCUT2D eigenvalue weighted by Gasteiger charge is 2.30. The second-order valence-electron chi connectivity index (χ2n) is 3.25. The van der Waals surface area contributed by atoms with Crippen LogP contribution in [0.5, 0.6) is 0 Å². The minimum absolute atomic E-state index is 0.179. The van der Waals surface area contributed by atoms with E-state index in [-0.39, 0.29) is 17.2 Å². The first-order valence-corrected chi connectivity index (χ1v) is 5.15. The summed E-state index contributed by atoms with van der Waals surface area (Å²) in [6.07, 6.45) is 1.31. The van der Waals surface area contributed by atoms with E-state index in [0.717, 1.165) is 0 Å². The van der Waals surface area contributed by atoms with Crippen LogP contribution in [0, 0.1) is 5.92 Å². The number of dihydropyridines is 1. The Morgan fingerprint density at radius 2 is 2.25 bits per heavy atom. The normalized spacial score (nSPS) is 19.9. The van der Waals surface area contributed by atoms with Gasteiger partial charge in [0.25, 0.3) is 0 Å². The number of esters is 1. The summed E-state index contributed by atoms with van der Waals surface area (Å²) in [7, 11) is 0. The number of thiocarbonyl (C=S) groups is 1. The molecule has 0 saturated carbocycles. The average molecular weight is 240 g/mol. The number of rotatable bonds is 3. The van der Waals surface area contributed by atoms with Crippen molar-refractivity contribution in [1.29, 1.82) is 0 Å². The number of ether oxygens (including phenoxy) is 1. The number of hydrogen-bond donors (Lipinski definition) is 1. The molecule has 5 nitrogen and oxygen atoms in total. The van der Waals surface area contributed by atoms with Crippen molar-refractivity contribution >= 4 is 35.3 Å². The quantitative estimate of drug-likeness (QED) is 0.571. The molecule has 1 atom stereocenters. The Morgan fingerprint density at radius 3 is 2.75 bits per heavy atom. The van der Waals surface area contributed by atoms with Crippen LogP contribution in [0.4, 0.5) is 0 Å². The molecule has 0 spiro atoms. The zero-order valence-electron chi connectivity index (χ0n) is 9.02. The number of amides is 1. The lowest BCUT2D eigenvalue weighted by Gasteiger charge is -2.18. The number of primary amides is 1. The highest BCUT2D eigenvalue weighted by Crippen LogP contribution is 2.21. The summed E-state index contributed by atoms with van der Waals surface area (Å²) in [5.74, 6) is -1.92. The maximum absolute atomic E-state index is 11.5. The Balaban J connectivity index is 3.09. The van der Waals surface area contributed by atoms with Crippen molar-refractivity contribution in [2.24, 2.45) is 16.6 Å². The lowest BCUT2D eigenvalue weighted by molar-refractivity contribution is -0.137. The largest absolute Gasteiger partial charge is 0.462 e. The number of carbonyl (C=O) groups excluding carboxylic acids is 2. The predicted octanol–water partition coefficient (Wildman–Crippen LogP) is 0.379. The maximum Gasteiger partial charge on any atom is 0.339 e.